The number of hydrogen-bond acceptors (Lipinski definition) is 9. The van der Waals surface area contributed by atoms with Crippen LogP contribution in [0.25, 0.3) is 0 Å². The lowest BCUT2D eigenvalue weighted by atomic mass is 9.79. The Bertz CT molecular complexity index is 1830. The van der Waals surface area contributed by atoms with Crippen molar-refractivity contribution in [1.29, 1.82) is 0 Å². The third-order valence-corrected chi connectivity index (χ3v) is 8.41. The number of carbonyl (C=O) groups is 1. The van der Waals surface area contributed by atoms with Gasteiger partial charge in [-0.1, -0.05) is 78.9 Å². The number of nitrogens with two attached hydrogens (primary N) is 1. The average Bonchev–Trinajstić information content (AvgIpc) is 3.48. The first-order valence-corrected chi connectivity index (χ1v) is 15.1. The fraction of sp³-hybridized carbons (Fsp3) is 0.216. The molecule has 4 aromatic carbocycles. The van der Waals surface area contributed by atoms with Crippen LogP contribution in [0.5, 0.6) is 11.5 Å². The standard InChI is InChI=1S/C37H35N3O7/c1-44-29-16-12-27(13-17-29)37(28-14-18-30(45-2)19-15-28,26-10-8-25(9-11-26)35(42)24-6-4-3-5-7-24)46-23-32-31(41)22-34(47-32)40-21-20-33(38)39-36(40)43/h3-21,31-32,34,41H,22-23H2,1-2H3,(H2,38,39,43)/t31-,32+,34+/m0/s1. The van der Waals surface area contributed by atoms with Gasteiger partial charge in [0, 0.05) is 23.7 Å². The molecule has 0 unspecified atom stereocenters. The zero-order valence-electron chi connectivity index (χ0n) is 26.0. The molecule has 10 nitrogen and oxygen atoms in total. The molecule has 1 aliphatic rings. The van der Waals surface area contributed by atoms with Crippen molar-refractivity contribution in [2.24, 2.45) is 0 Å². The van der Waals surface area contributed by atoms with Crippen LogP contribution in [0.1, 0.15) is 45.3 Å². The van der Waals surface area contributed by atoms with Crippen molar-refractivity contribution in [3.05, 3.63) is 154 Å². The molecule has 0 amide bonds. The van der Waals surface area contributed by atoms with Crippen molar-refractivity contribution in [2.75, 3.05) is 26.6 Å². The van der Waals surface area contributed by atoms with E-state index in [0.29, 0.717) is 22.6 Å². The monoisotopic (exact) mass is 633 g/mol. The second-order valence-corrected chi connectivity index (χ2v) is 11.2. The van der Waals surface area contributed by atoms with Crippen LogP contribution in [0.3, 0.4) is 0 Å². The highest BCUT2D eigenvalue weighted by molar-refractivity contribution is 6.08. The number of rotatable bonds is 11. The summed E-state index contributed by atoms with van der Waals surface area (Å²) in [6.45, 7) is -0.0441. The van der Waals surface area contributed by atoms with E-state index in [1.165, 1.54) is 16.8 Å². The highest BCUT2D eigenvalue weighted by Crippen LogP contribution is 2.43. The van der Waals surface area contributed by atoms with E-state index in [1.807, 2.05) is 78.9 Å². The van der Waals surface area contributed by atoms with Gasteiger partial charge >= 0.3 is 5.69 Å². The molecule has 47 heavy (non-hydrogen) atoms. The van der Waals surface area contributed by atoms with E-state index in [9.17, 15) is 14.7 Å². The van der Waals surface area contributed by atoms with Crippen LogP contribution in [0.4, 0.5) is 5.82 Å². The number of benzene rings is 4. The summed E-state index contributed by atoms with van der Waals surface area (Å²) >= 11 is 0. The summed E-state index contributed by atoms with van der Waals surface area (Å²) in [7, 11) is 3.20. The Morgan fingerprint density at radius 1 is 0.851 bits per heavy atom. The Labute approximate surface area is 271 Å². The first-order chi connectivity index (χ1) is 22.8. The maximum atomic E-state index is 13.3. The van der Waals surface area contributed by atoms with Gasteiger partial charge in [0.15, 0.2) is 5.78 Å². The topological polar surface area (TPSA) is 135 Å². The van der Waals surface area contributed by atoms with Crippen LogP contribution in [-0.2, 0) is 15.1 Å². The van der Waals surface area contributed by atoms with Crippen LogP contribution >= 0.6 is 0 Å². The Balaban J connectivity index is 1.41. The molecule has 5 aromatic rings. The highest BCUT2D eigenvalue weighted by Gasteiger charge is 2.42. The van der Waals surface area contributed by atoms with Crippen molar-refractivity contribution >= 4 is 11.6 Å². The Morgan fingerprint density at radius 3 is 1.91 bits per heavy atom. The normalized spacial score (nSPS) is 17.7. The molecule has 0 bridgehead atoms. The lowest BCUT2D eigenvalue weighted by Gasteiger charge is -2.37. The van der Waals surface area contributed by atoms with E-state index in [0.717, 1.165) is 16.7 Å². The predicted octanol–water partition coefficient (Wildman–Crippen LogP) is 4.73. The van der Waals surface area contributed by atoms with Gasteiger partial charge in [-0.05, 0) is 47.0 Å². The summed E-state index contributed by atoms with van der Waals surface area (Å²) in [5, 5.41) is 11.1. The molecule has 1 aromatic heterocycles. The van der Waals surface area contributed by atoms with Gasteiger partial charge in [0.05, 0.1) is 26.9 Å². The van der Waals surface area contributed by atoms with E-state index in [-0.39, 0.29) is 24.6 Å². The number of ether oxygens (including phenoxy) is 4. The molecule has 3 N–H and O–H groups in total. The van der Waals surface area contributed by atoms with Gasteiger partial charge in [0.1, 0.15) is 35.2 Å². The number of nitrogens with zero attached hydrogens (tertiary/aromatic N) is 2. The number of aromatic nitrogens is 2. The molecule has 0 saturated carbocycles. The first-order valence-electron chi connectivity index (χ1n) is 15.1. The molecular weight excluding hydrogens is 598 g/mol. The van der Waals surface area contributed by atoms with Crippen molar-refractivity contribution in [3.8, 4) is 11.5 Å². The number of nitrogen functional groups attached to an aromatic ring is 1. The van der Waals surface area contributed by atoms with E-state index in [1.54, 1.807) is 38.5 Å². The van der Waals surface area contributed by atoms with Gasteiger partial charge in [-0.3, -0.25) is 9.36 Å². The molecule has 1 aliphatic heterocycles. The number of carbonyl (C=O) groups excluding carboxylic acids is 1. The number of hydrogen-bond donors (Lipinski definition) is 2. The summed E-state index contributed by atoms with van der Waals surface area (Å²) < 4.78 is 25.3. The minimum absolute atomic E-state index is 0.0441. The number of aliphatic hydroxyl groups excluding tert-OH is 1. The molecule has 0 radical (unpaired) electrons. The lowest BCUT2D eigenvalue weighted by molar-refractivity contribution is -0.0944. The van der Waals surface area contributed by atoms with Crippen molar-refractivity contribution in [1.82, 2.24) is 9.55 Å². The molecular formula is C37H35N3O7. The predicted molar refractivity (Wildman–Crippen MR) is 176 cm³/mol. The molecule has 10 heteroatoms. The third kappa shape index (κ3) is 6.39. The summed E-state index contributed by atoms with van der Waals surface area (Å²) in [5.41, 5.74) is 7.26. The van der Waals surface area contributed by atoms with Crippen molar-refractivity contribution in [2.45, 2.75) is 30.5 Å². The zero-order valence-corrected chi connectivity index (χ0v) is 26.0. The molecule has 1 saturated heterocycles. The van der Waals surface area contributed by atoms with Gasteiger partial charge < -0.3 is 29.8 Å². The fourth-order valence-corrected chi connectivity index (χ4v) is 5.90. The van der Waals surface area contributed by atoms with Gasteiger partial charge in [-0.25, -0.2) is 4.79 Å². The largest absolute Gasteiger partial charge is 0.497 e. The van der Waals surface area contributed by atoms with Gasteiger partial charge in [0.25, 0.3) is 0 Å². The highest BCUT2D eigenvalue weighted by atomic mass is 16.6. The maximum Gasteiger partial charge on any atom is 0.351 e. The molecule has 1 fully saturated rings. The van der Waals surface area contributed by atoms with Crippen LogP contribution in [0.15, 0.2) is 120 Å². The minimum atomic E-state index is -1.23. The second kappa shape index (κ2) is 13.6. The second-order valence-electron chi connectivity index (χ2n) is 11.2. The third-order valence-electron chi connectivity index (χ3n) is 8.41. The zero-order chi connectivity index (χ0) is 33.0. The summed E-state index contributed by atoms with van der Waals surface area (Å²) in [6.07, 6.45) is -0.797. The Kier molecular flexibility index (Phi) is 9.17. The molecule has 0 spiro atoms. The Morgan fingerprint density at radius 2 is 1.38 bits per heavy atom. The first kappa shape index (κ1) is 31.7. The van der Waals surface area contributed by atoms with Crippen LogP contribution in [-0.4, -0.2) is 53.5 Å². The van der Waals surface area contributed by atoms with Crippen LogP contribution < -0.4 is 20.9 Å². The summed E-state index contributed by atoms with van der Waals surface area (Å²) in [6, 6.07) is 33.0. The van der Waals surface area contributed by atoms with Gasteiger partial charge in [-0.2, -0.15) is 4.98 Å². The lowest BCUT2D eigenvalue weighted by Crippen LogP contribution is -2.38. The fourth-order valence-electron chi connectivity index (χ4n) is 5.90. The van der Waals surface area contributed by atoms with Crippen LogP contribution in [0.2, 0.25) is 0 Å². The van der Waals surface area contributed by atoms with Crippen molar-refractivity contribution in [3.63, 3.8) is 0 Å². The summed E-state index contributed by atoms with van der Waals surface area (Å²) in [5.74, 6) is 1.34. The molecule has 2 heterocycles. The van der Waals surface area contributed by atoms with Gasteiger partial charge in [-0.15, -0.1) is 0 Å². The van der Waals surface area contributed by atoms with E-state index >= 15 is 0 Å². The average molecular weight is 634 g/mol. The van der Waals surface area contributed by atoms with E-state index in [4.69, 9.17) is 24.7 Å². The van der Waals surface area contributed by atoms with E-state index in [2.05, 4.69) is 4.98 Å². The summed E-state index contributed by atoms with van der Waals surface area (Å²) in [4.78, 5) is 29.6. The smallest absolute Gasteiger partial charge is 0.351 e. The number of aliphatic hydroxyl groups is 1. The van der Waals surface area contributed by atoms with Crippen molar-refractivity contribution < 1.29 is 28.8 Å². The molecule has 3 atom stereocenters. The van der Waals surface area contributed by atoms with E-state index < -0.39 is 29.7 Å². The molecule has 6 rings (SSSR count). The maximum absolute atomic E-state index is 13.3. The SMILES string of the molecule is COc1ccc(C(OC[C@H]2O[C@@H](n3ccc(N)nc3=O)C[C@@H]2O)(c2ccc(OC)cc2)c2ccc(C(=O)c3ccccc3)cc2)cc1. The minimum Gasteiger partial charge on any atom is -0.497 e. The van der Waals surface area contributed by atoms with Crippen LogP contribution in [0, 0.1) is 0 Å². The quantitative estimate of drug-likeness (QED) is 0.156. The Hall–Kier alpha value is -5.29. The molecule has 0 aliphatic carbocycles. The number of methoxy groups -OCH3 is 2. The number of ketones is 1. The number of anilines is 1. The van der Waals surface area contributed by atoms with Gasteiger partial charge in [0.2, 0.25) is 0 Å². The molecule has 240 valence electrons.